The first kappa shape index (κ1) is 13.7. The van der Waals surface area contributed by atoms with Gasteiger partial charge in [0.05, 0.1) is 0 Å². The maximum Gasteiger partial charge on any atom is 0.00692 e. The van der Waals surface area contributed by atoms with E-state index in [1.54, 1.807) is 0 Å². The van der Waals surface area contributed by atoms with Gasteiger partial charge in [0.15, 0.2) is 0 Å². The molecule has 0 aliphatic heterocycles. The van der Waals surface area contributed by atoms with E-state index in [0.29, 0.717) is 12.1 Å². The molecule has 2 unspecified atom stereocenters. The number of allylic oxidation sites excluding steroid dienone is 1. The minimum Gasteiger partial charge on any atom is -0.311 e. The molecular weight excluding hydrogens is 170 g/mol. The van der Waals surface area contributed by atoms with Gasteiger partial charge in [-0.25, -0.2) is 0 Å². The summed E-state index contributed by atoms with van der Waals surface area (Å²) in [6, 6.07) is 1.26. The largest absolute Gasteiger partial charge is 0.311 e. The van der Waals surface area contributed by atoms with Gasteiger partial charge in [-0.1, -0.05) is 32.8 Å². The highest BCUT2D eigenvalue weighted by Crippen LogP contribution is 2.13. The highest BCUT2D eigenvalue weighted by molar-refractivity contribution is 4.76. The third-order valence-corrected chi connectivity index (χ3v) is 3.11. The van der Waals surface area contributed by atoms with Crippen LogP contribution in [0, 0.1) is 5.92 Å². The lowest BCUT2D eigenvalue weighted by Gasteiger charge is -2.26. The molecule has 0 fully saturated rings. The van der Waals surface area contributed by atoms with Gasteiger partial charge >= 0.3 is 0 Å². The fraction of sp³-hybridized carbons (Fsp3) is 0.846. The molecular formula is C13H27N. The van der Waals surface area contributed by atoms with Crippen LogP contribution < -0.4 is 5.32 Å². The molecule has 1 nitrogen and oxygen atoms in total. The van der Waals surface area contributed by atoms with Gasteiger partial charge in [0.2, 0.25) is 0 Å². The third kappa shape index (κ3) is 5.43. The summed E-state index contributed by atoms with van der Waals surface area (Å²) in [5.74, 6) is 0.821. The summed E-state index contributed by atoms with van der Waals surface area (Å²) in [4.78, 5) is 0. The van der Waals surface area contributed by atoms with E-state index in [1.165, 1.54) is 19.3 Å². The van der Waals surface area contributed by atoms with Crippen molar-refractivity contribution in [3.63, 3.8) is 0 Å². The SMILES string of the molecule is C=CCCC(C)NC(C)C(CC)CC. The summed E-state index contributed by atoms with van der Waals surface area (Å²) >= 11 is 0. The monoisotopic (exact) mass is 197 g/mol. The summed E-state index contributed by atoms with van der Waals surface area (Å²) in [7, 11) is 0. The molecule has 0 bridgehead atoms. The minimum atomic E-state index is 0.614. The van der Waals surface area contributed by atoms with Crippen molar-refractivity contribution < 1.29 is 0 Å². The van der Waals surface area contributed by atoms with Crippen LogP contribution in [-0.2, 0) is 0 Å². The smallest absolute Gasteiger partial charge is 0.00692 e. The average molecular weight is 197 g/mol. The number of hydrogen-bond acceptors (Lipinski definition) is 1. The fourth-order valence-electron chi connectivity index (χ4n) is 2.03. The molecule has 0 saturated carbocycles. The van der Waals surface area contributed by atoms with Gasteiger partial charge in [-0.3, -0.25) is 0 Å². The predicted octanol–water partition coefficient (Wildman–Crippen LogP) is 3.76. The molecule has 0 saturated heterocycles. The van der Waals surface area contributed by atoms with Crippen LogP contribution in [-0.4, -0.2) is 12.1 Å². The Kier molecular flexibility index (Phi) is 7.87. The van der Waals surface area contributed by atoms with Gasteiger partial charge in [0.25, 0.3) is 0 Å². The van der Waals surface area contributed by atoms with Gasteiger partial charge in [-0.05, 0) is 32.6 Å². The first-order chi connectivity index (χ1) is 6.65. The standard InChI is InChI=1S/C13H27N/c1-6-9-10-11(4)14-12(5)13(7-2)8-3/h6,11-14H,1,7-10H2,2-5H3. The molecule has 1 N–H and O–H groups in total. The normalized spacial score (nSPS) is 15.5. The zero-order valence-corrected chi connectivity index (χ0v) is 10.3. The lowest BCUT2D eigenvalue weighted by molar-refractivity contribution is 0.322. The highest BCUT2D eigenvalue weighted by Gasteiger charge is 2.14. The van der Waals surface area contributed by atoms with Crippen LogP contribution in [0.4, 0.5) is 0 Å². The van der Waals surface area contributed by atoms with Gasteiger partial charge in [0, 0.05) is 12.1 Å². The summed E-state index contributed by atoms with van der Waals surface area (Å²) < 4.78 is 0. The molecule has 0 aromatic rings. The Hall–Kier alpha value is -0.300. The van der Waals surface area contributed by atoms with Crippen molar-refractivity contribution in [2.45, 2.75) is 65.5 Å². The molecule has 0 amide bonds. The van der Waals surface area contributed by atoms with Crippen molar-refractivity contribution in [3.8, 4) is 0 Å². The van der Waals surface area contributed by atoms with E-state index < -0.39 is 0 Å². The molecule has 0 heterocycles. The Morgan fingerprint density at radius 1 is 1.21 bits per heavy atom. The highest BCUT2D eigenvalue weighted by atomic mass is 14.9. The first-order valence-corrected chi connectivity index (χ1v) is 6.02. The Balaban J connectivity index is 3.78. The number of hydrogen-bond donors (Lipinski definition) is 1. The maximum atomic E-state index is 3.75. The van der Waals surface area contributed by atoms with Crippen LogP contribution >= 0.6 is 0 Å². The quantitative estimate of drug-likeness (QED) is 0.584. The number of nitrogens with one attached hydrogen (secondary N) is 1. The summed E-state index contributed by atoms with van der Waals surface area (Å²) in [6.07, 6.45) is 6.87. The van der Waals surface area contributed by atoms with Crippen molar-refractivity contribution in [3.05, 3.63) is 12.7 Å². The fourth-order valence-corrected chi connectivity index (χ4v) is 2.03. The van der Waals surface area contributed by atoms with Gasteiger partial charge < -0.3 is 5.32 Å². The second-order valence-corrected chi connectivity index (χ2v) is 4.30. The molecule has 84 valence electrons. The molecule has 1 heteroatoms. The number of rotatable bonds is 8. The summed E-state index contributed by atoms with van der Waals surface area (Å²) in [5.41, 5.74) is 0. The molecule has 0 spiro atoms. The molecule has 0 aromatic carbocycles. The molecule has 0 aliphatic rings. The van der Waals surface area contributed by atoms with Crippen LogP contribution in [0.3, 0.4) is 0 Å². The van der Waals surface area contributed by atoms with Crippen molar-refractivity contribution in [2.75, 3.05) is 0 Å². The van der Waals surface area contributed by atoms with Gasteiger partial charge in [0.1, 0.15) is 0 Å². The zero-order valence-electron chi connectivity index (χ0n) is 10.3. The average Bonchev–Trinajstić information content (AvgIpc) is 2.16. The van der Waals surface area contributed by atoms with Crippen molar-refractivity contribution in [1.29, 1.82) is 0 Å². The second-order valence-electron chi connectivity index (χ2n) is 4.30. The van der Waals surface area contributed by atoms with Crippen molar-refractivity contribution in [1.82, 2.24) is 5.32 Å². The van der Waals surface area contributed by atoms with Crippen LogP contribution in [0.5, 0.6) is 0 Å². The molecule has 2 atom stereocenters. The Morgan fingerprint density at radius 2 is 1.79 bits per heavy atom. The Morgan fingerprint density at radius 3 is 2.21 bits per heavy atom. The van der Waals surface area contributed by atoms with E-state index in [1.807, 2.05) is 6.08 Å². The second kappa shape index (κ2) is 8.05. The van der Waals surface area contributed by atoms with Crippen LogP contribution in [0.15, 0.2) is 12.7 Å². The van der Waals surface area contributed by atoms with E-state index in [9.17, 15) is 0 Å². The van der Waals surface area contributed by atoms with E-state index >= 15 is 0 Å². The molecule has 0 radical (unpaired) electrons. The summed E-state index contributed by atoms with van der Waals surface area (Å²) in [5, 5.41) is 3.67. The Labute approximate surface area is 90.0 Å². The lowest BCUT2D eigenvalue weighted by Crippen LogP contribution is -2.39. The minimum absolute atomic E-state index is 0.614. The molecule has 14 heavy (non-hydrogen) atoms. The topological polar surface area (TPSA) is 12.0 Å². The van der Waals surface area contributed by atoms with E-state index in [4.69, 9.17) is 0 Å². The Bertz CT molecular complexity index is 138. The van der Waals surface area contributed by atoms with E-state index in [-0.39, 0.29) is 0 Å². The molecule has 0 rings (SSSR count). The van der Waals surface area contributed by atoms with Gasteiger partial charge in [-0.2, -0.15) is 0 Å². The lowest BCUT2D eigenvalue weighted by atomic mass is 9.94. The third-order valence-electron chi connectivity index (χ3n) is 3.11. The first-order valence-electron chi connectivity index (χ1n) is 6.02. The predicted molar refractivity (Wildman–Crippen MR) is 65.6 cm³/mol. The van der Waals surface area contributed by atoms with Crippen LogP contribution in [0.2, 0.25) is 0 Å². The van der Waals surface area contributed by atoms with Crippen molar-refractivity contribution >= 4 is 0 Å². The van der Waals surface area contributed by atoms with Crippen molar-refractivity contribution in [2.24, 2.45) is 5.92 Å². The van der Waals surface area contributed by atoms with E-state index in [2.05, 4.69) is 39.6 Å². The zero-order chi connectivity index (χ0) is 11.0. The van der Waals surface area contributed by atoms with Gasteiger partial charge in [-0.15, -0.1) is 6.58 Å². The molecule has 0 aliphatic carbocycles. The summed E-state index contributed by atoms with van der Waals surface area (Å²) in [6.45, 7) is 12.9. The van der Waals surface area contributed by atoms with E-state index in [0.717, 1.165) is 12.3 Å². The van der Waals surface area contributed by atoms with Crippen LogP contribution in [0.1, 0.15) is 53.4 Å². The maximum absolute atomic E-state index is 3.75. The van der Waals surface area contributed by atoms with Crippen LogP contribution in [0.25, 0.3) is 0 Å². The molecule has 0 aromatic heterocycles.